The molecule has 18 heavy (non-hydrogen) atoms. The van der Waals surface area contributed by atoms with E-state index in [9.17, 15) is 0 Å². The Labute approximate surface area is 106 Å². The van der Waals surface area contributed by atoms with Gasteiger partial charge in [0, 0.05) is 12.5 Å². The second kappa shape index (κ2) is 4.07. The maximum atomic E-state index is 5.51. The average molecular weight is 243 g/mol. The van der Waals surface area contributed by atoms with E-state index in [1.165, 1.54) is 18.4 Å². The Morgan fingerprint density at radius 1 is 1.28 bits per heavy atom. The van der Waals surface area contributed by atoms with Crippen LogP contribution in [0.25, 0.3) is 11.0 Å². The molecule has 94 valence electrons. The highest BCUT2D eigenvalue weighted by Gasteiger charge is 2.27. The number of hydrogen-bond acceptors (Lipinski definition) is 3. The zero-order valence-electron chi connectivity index (χ0n) is 10.3. The summed E-state index contributed by atoms with van der Waals surface area (Å²) in [5, 5.41) is 3.48. The first-order valence-electron chi connectivity index (χ1n) is 6.71. The predicted octanol–water partition coefficient (Wildman–Crippen LogP) is 2.10. The molecule has 1 aliphatic carbocycles. The number of hydrogen-bond donors (Lipinski definition) is 2. The average Bonchev–Trinajstić information content (AvgIpc) is 3.19. The molecule has 0 radical (unpaired) electrons. The first kappa shape index (κ1) is 10.5. The van der Waals surface area contributed by atoms with E-state index in [0.29, 0.717) is 12.0 Å². The van der Waals surface area contributed by atoms with Gasteiger partial charge in [0.15, 0.2) is 0 Å². The fraction of sp³-hybridized carbons (Fsp3) is 0.500. The molecule has 2 aromatic rings. The third kappa shape index (κ3) is 1.82. The fourth-order valence-corrected chi connectivity index (χ4v) is 2.59. The maximum Gasteiger partial charge on any atom is 0.110 e. The van der Waals surface area contributed by atoms with Crippen molar-refractivity contribution < 1.29 is 4.74 Å². The fourth-order valence-electron chi connectivity index (χ4n) is 2.59. The normalized spacial score (nSPS) is 24.6. The molecule has 2 fully saturated rings. The molecular formula is C14H17N3O. The van der Waals surface area contributed by atoms with Crippen molar-refractivity contribution >= 4 is 11.0 Å². The molecule has 2 N–H and O–H groups in total. The van der Waals surface area contributed by atoms with E-state index in [4.69, 9.17) is 4.74 Å². The molecule has 1 aromatic carbocycles. The molecule has 1 unspecified atom stereocenters. The van der Waals surface area contributed by atoms with Crippen molar-refractivity contribution in [1.82, 2.24) is 15.3 Å². The number of imidazole rings is 1. The van der Waals surface area contributed by atoms with Gasteiger partial charge in [0.05, 0.1) is 30.3 Å². The summed E-state index contributed by atoms with van der Waals surface area (Å²) in [7, 11) is 0. The molecule has 1 saturated heterocycles. The van der Waals surface area contributed by atoms with Crippen molar-refractivity contribution in [3.8, 4) is 0 Å². The van der Waals surface area contributed by atoms with Crippen LogP contribution in [0, 0.1) is 0 Å². The van der Waals surface area contributed by atoms with E-state index in [0.717, 1.165) is 36.6 Å². The molecule has 2 aliphatic rings. The van der Waals surface area contributed by atoms with Crippen LogP contribution < -0.4 is 5.32 Å². The van der Waals surface area contributed by atoms with Crippen molar-refractivity contribution in [2.75, 3.05) is 19.8 Å². The number of H-pyrrole nitrogens is 1. The topological polar surface area (TPSA) is 49.9 Å². The van der Waals surface area contributed by atoms with Gasteiger partial charge >= 0.3 is 0 Å². The van der Waals surface area contributed by atoms with Gasteiger partial charge < -0.3 is 15.0 Å². The zero-order valence-corrected chi connectivity index (χ0v) is 10.3. The molecule has 1 aromatic heterocycles. The molecule has 1 aliphatic heterocycles. The lowest BCUT2D eigenvalue weighted by molar-refractivity contribution is 0.0769. The van der Waals surface area contributed by atoms with Crippen LogP contribution in [0.5, 0.6) is 0 Å². The van der Waals surface area contributed by atoms with Crippen LogP contribution in [0.15, 0.2) is 18.2 Å². The summed E-state index contributed by atoms with van der Waals surface area (Å²) >= 11 is 0. The highest BCUT2D eigenvalue weighted by atomic mass is 16.5. The van der Waals surface area contributed by atoms with Crippen molar-refractivity contribution in [2.45, 2.75) is 24.8 Å². The molecule has 4 nitrogen and oxygen atoms in total. The van der Waals surface area contributed by atoms with E-state index < -0.39 is 0 Å². The Morgan fingerprint density at radius 2 is 2.22 bits per heavy atom. The number of morpholine rings is 1. The second-order valence-corrected chi connectivity index (χ2v) is 5.25. The first-order chi connectivity index (χ1) is 8.90. The highest BCUT2D eigenvalue weighted by Crippen LogP contribution is 2.39. The Morgan fingerprint density at radius 3 is 3.00 bits per heavy atom. The third-order valence-electron chi connectivity index (χ3n) is 3.81. The van der Waals surface area contributed by atoms with Crippen LogP contribution in [0.4, 0.5) is 0 Å². The maximum absolute atomic E-state index is 5.51. The molecule has 0 amide bonds. The summed E-state index contributed by atoms with van der Waals surface area (Å²) in [5.74, 6) is 1.84. The summed E-state index contributed by atoms with van der Waals surface area (Å²) < 4.78 is 5.51. The molecule has 4 rings (SSSR count). The number of rotatable bonds is 2. The molecule has 0 bridgehead atoms. The summed E-state index contributed by atoms with van der Waals surface area (Å²) in [6.07, 6.45) is 2.56. The van der Waals surface area contributed by atoms with Gasteiger partial charge in [0.1, 0.15) is 5.82 Å². The summed E-state index contributed by atoms with van der Waals surface area (Å²) in [5.41, 5.74) is 3.52. The van der Waals surface area contributed by atoms with Gasteiger partial charge in [-0.2, -0.15) is 0 Å². The number of nitrogens with zero attached hydrogens (tertiary/aromatic N) is 1. The summed E-state index contributed by atoms with van der Waals surface area (Å²) in [4.78, 5) is 8.11. The van der Waals surface area contributed by atoms with Gasteiger partial charge in [0.2, 0.25) is 0 Å². The van der Waals surface area contributed by atoms with Crippen molar-refractivity contribution in [3.05, 3.63) is 29.6 Å². The van der Waals surface area contributed by atoms with Crippen LogP contribution in [-0.4, -0.2) is 29.7 Å². The molecule has 1 atom stereocenters. The largest absolute Gasteiger partial charge is 0.378 e. The number of nitrogens with one attached hydrogen (secondary N) is 2. The van der Waals surface area contributed by atoms with Crippen LogP contribution in [0.3, 0.4) is 0 Å². The lowest BCUT2D eigenvalue weighted by atomic mass is 10.1. The molecular weight excluding hydrogens is 226 g/mol. The van der Waals surface area contributed by atoms with Crippen molar-refractivity contribution in [2.24, 2.45) is 0 Å². The molecule has 0 spiro atoms. The van der Waals surface area contributed by atoms with E-state index in [1.54, 1.807) is 0 Å². The van der Waals surface area contributed by atoms with Gasteiger partial charge in [-0.15, -0.1) is 0 Å². The Hall–Kier alpha value is -1.39. The standard InChI is InChI=1S/C14H17N3O/c1-2-9(1)14-16-11-4-3-10(7-12(11)17-14)13-8-18-6-5-15-13/h3-4,7,9,13,15H,1-2,5-6,8H2,(H,16,17). The lowest BCUT2D eigenvalue weighted by Gasteiger charge is -2.24. The minimum absolute atomic E-state index is 0.316. The van der Waals surface area contributed by atoms with Crippen LogP contribution in [0.2, 0.25) is 0 Å². The third-order valence-corrected chi connectivity index (χ3v) is 3.81. The summed E-state index contributed by atoms with van der Waals surface area (Å²) in [6.45, 7) is 2.50. The molecule has 1 saturated carbocycles. The van der Waals surface area contributed by atoms with E-state index in [-0.39, 0.29) is 0 Å². The van der Waals surface area contributed by atoms with Gasteiger partial charge in [-0.3, -0.25) is 0 Å². The van der Waals surface area contributed by atoms with Crippen molar-refractivity contribution in [3.63, 3.8) is 0 Å². The molecule has 4 heteroatoms. The predicted molar refractivity (Wildman–Crippen MR) is 69.6 cm³/mol. The van der Waals surface area contributed by atoms with Gasteiger partial charge in [-0.05, 0) is 30.5 Å². The Balaban J connectivity index is 1.69. The Kier molecular flexibility index (Phi) is 2.38. The highest BCUT2D eigenvalue weighted by molar-refractivity contribution is 5.76. The number of ether oxygens (including phenoxy) is 1. The number of aromatic nitrogens is 2. The van der Waals surface area contributed by atoms with Crippen LogP contribution >= 0.6 is 0 Å². The summed E-state index contributed by atoms with van der Waals surface area (Å²) in [6, 6.07) is 6.80. The van der Waals surface area contributed by atoms with E-state index in [2.05, 4.69) is 33.5 Å². The smallest absolute Gasteiger partial charge is 0.110 e. The number of fused-ring (bicyclic) bond motifs is 1. The van der Waals surface area contributed by atoms with Gasteiger partial charge in [0.25, 0.3) is 0 Å². The lowest BCUT2D eigenvalue weighted by Crippen LogP contribution is -2.34. The van der Waals surface area contributed by atoms with Crippen molar-refractivity contribution in [1.29, 1.82) is 0 Å². The van der Waals surface area contributed by atoms with Gasteiger partial charge in [-0.25, -0.2) is 4.98 Å². The monoisotopic (exact) mass is 243 g/mol. The quantitative estimate of drug-likeness (QED) is 0.849. The number of benzene rings is 1. The van der Waals surface area contributed by atoms with Gasteiger partial charge in [-0.1, -0.05) is 6.07 Å². The van der Waals surface area contributed by atoms with E-state index >= 15 is 0 Å². The SMILES string of the molecule is c1cc2nc(C3CC3)[nH]c2cc1C1COCCN1. The first-order valence-corrected chi connectivity index (χ1v) is 6.71. The zero-order chi connectivity index (χ0) is 11.9. The van der Waals surface area contributed by atoms with Crippen LogP contribution in [-0.2, 0) is 4.74 Å². The minimum atomic E-state index is 0.316. The Bertz CT molecular complexity index is 567. The molecule has 2 heterocycles. The van der Waals surface area contributed by atoms with E-state index in [1.807, 2.05) is 0 Å². The van der Waals surface area contributed by atoms with Crippen LogP contribution in [0.1, 0.15) is 36.2 Å². The number of aromatic amines is 1. The minimum Gasteiger partial charge on any atom is -0.378 e. The second-order valence-electron chi connectivity index (χ2n) is 5.25.